The van der Waals surface area contributed by atoms with E-state index in [1.807, 2.05) is 37.3 Å². The normalized spacial score (nSPS) is 16.5. The Balaban J connectivity index is 1.51. The topological polar surface area (TPSA) is 80.9 Å². The molecule has 1 unspecified atom stereocenters. The van der Waals surface area contributed by atoms with Crippen LogP contribution in [0.15, 0.2) is 47.1 Å². The number of pyridine rings is 1. The maximum Gasteiger partial charge on any atom is 0.409 e. The molecule has 4 rings (SSSR count). The number of unbranched alkanes of at least 4 members (excludes halogenated alkanes) is 1. The fraction of sp³-hybridized carbons (Fsp3) is 0.435. The number of amides is 1. The molecule has 2 aromatic heterocycles. The number of ether oxygens (including phenoxy) is 2. The van der Waals surface area contributed by atoms with Crippen LogP contribution in [0.4, 0.5) is 10.8 Å². The third-order valence-electron chi connectivity index (χ3n) is 5.32. The molecule has 0 saturated carbocycles. The number of aryl methyl sites for hydroxylation is 1. The van der Waals surface area contributed by atoms with Gasteiger partial charge in [0.05, 0.1) is 18.8 Å². The Morgan fingerprint density at radius 1 is 1.29 bits per heavy atom. The summed E-state index contributed by atoms with van der Waals surface area (Å²) >= 11 is 0. The molecule has 3 heterocycles. The highest BCUT2D eigenvalue weighted by Gasteiger charge is 2.33. The summed E-state index contributed by atoms with van der Waals surface area (Å²) in [6, 6.07) is 10.0. The SMILES string of the molecule is CCCCOC(=O)N1CCN(c2nc3cc(C)ccc3o2)C(COc2cccnc2)C1. The summed E-state index contributed by atoms with van der Waals surface area (Å²) in [4.78, 5) is 25.1. The largest absolute Gasteiger partial charge is 0.490 e. The van der Waals surface area contributed by atoms with Crippen molar-refractivity contribution in [3.63, 3.8) is 0 Å². The lowest BCUT2D eigenvalue weighted by atomic mass is 10.2. The van der Waals surface area contributed by atoms with E-state index in [4.69, 9.17) is 13.9 Å². The minimum absolute atomic E-state index is 0.137. The average molecular weight is 425 g/mol. The molecule has 3 aromatic rings. The Morgan fingerprint density at radius 2 is 2.19 bits per heavy atom. The van der Waals surface area contributed by atoms with Gasteiger partial charge in [-0.25, -0.2) is 4.79 Å². The molecule has 0 spiro atoms. The number of hydrogen-bond acceptors (Lipinski definition) is 7. The summed E-state index contributed by atoms with van der Waals surface area (Å²) in [6.45, 7) is 6.48. The van der Waals surface area contributed by atoms with Gasteiger partial charge >= 0.3 is 6.09 Å². The number of piperazine rings is 1. The highest BCUT2D eigenvalue weighted by molar-refractivity contribution is 5.75. The van der Waals surface area contributed by atoms with Crippen LogP contribution in [0.2, 0.25) is 0 Å². The second-order valence-corrected chi connectivity index (χ2v) is 7.73. The number of benzene rings is 1. The molecule has 1 amide bonds. The molecule has 0 aliphatic carbocycles. The summed E-state index contributed by atoms with van der Waals surface area (Å²) < 4.78 is 17.4. The first-order valence-electron chi connectivity index (χ1n) is 10.7. The molecular formula is C23H28N4O4. The van der Waals surface area contributed by atoms with Gasteiger partial charge in [0.15, 0.2) is 5.58 Å². The molecule has 1 atom stereocenters. The molecule has 1 saturated heterocycles. The van der Waals surface area contributed by atoms with Gasteiger partial charge < -0.3 is 23.7 Å². The molecular weight excluding hydrogens is 396 g/mol. The zero-order chi connectivity index (χ0) is 21.6. The van der Waals surface area contributed by atoms with Gasteiger partial charge in [-0.3, -0.25) is 4.98 Å². The first-order valence-corrected chi connectivity index (χ1v) is 10.7. The minimum atomic E-state index is -0.285. The number of carbonyl (C=O) groups excluding carboxylic acids is 1. The van der Waals surface area contributed by atoms with E-state index in [9.17, 15) is 4.79 Å². The number of anilines is 1. The van der Waals surface area contributed by atoms with Crippen molar-refractivity contribution in [2.45, 2.75) is 32.7 Å². The first kappa shape index (κ1) is 21.0. The van der Waals surface area contributed by atoms with Crippen LogP contribution in [0.5, 0.6) is 5.75 Å². The van der Waals surface area contributed by atoms with Crippen molar-refractivity contribution in [3.05, 3.63) is 48.3 Å². The second kappa shape index (κ2) is 9.68. The standard InChI is InChI=1S/C23H28N4O4/c1-3-4-12-29-23(28)26-10-11-27(18(15-26)16-30-19-6-5-9-24-14-19)22-25-20-13-17(2)7-8-21(20)31-22/h5-9,13-14,18H,3-4,10-12,15-16H2,1-2H3. The van der Waals surface area contributed by atoms with Crippen molar-refractivity contribution in [1.29, 1.82) is 0 Å². The average Bonchev–Trinajstić information content (AvgIpc) is 3.21. The maximum atomic E-state index is 12.5. The van der Waals surface area contributed by atoms with Crippen LogP contribution in [0, 0.1) is 6.92 Å². The van der Waals surface area contributed by atoms with Crippen molar-refractivity contribution in [3.8, 4) is 5.75 Å². The lowest BCUT2D eigenvalue weighted by Gasteiger charge is -2.39. The Bertz CT molecular complexity index is 1010. The van der Waals surface area contributed by atoms with Gasteiger partial charge in [-0.1, -0.05) is 19.4 Å². The van der Waals surface area contributed by atoms with Gasteiger partial charge in [0, 0.05) is 25.8 Å². The van der Waals surface area contributed by atoms with Crippen LogP contribution in [0.25, 0.3) is 11.1 Å². The molecule has 31 heavy (non-hydrogen) atoms. The number of carbonyl (C=O) groups is 1. The summed E-state index contributed by atoms with van der Waals surface area (Å²) in [7, 11) is 0. The van der Waals surface area contributed by atoms with Gasteiger partial charge in [0.25, 0.3) is 6.01 Å². The minimum Gasteiger partial charge on any atom is -0.490 e. The highest BCUT2D eigenvalue weighted by atomic mass is 16.6. The molecule has 8 heteroatoms. The summed E-state index contributed by atoms with van der Waals surface area (Å²) in [5, 5.41) is 0. The summed E-state index contributed by atoms with van der Waals surface area (Å²) in [5.74, 6) is 0.679. The van der Waals surface area contributed by atoms with E-state index in [-0.39, 0.29) is 12.1 Å². The third-order valence-corrected chi connectivity index (χ3v) is 5.32. The van der Waals surface area contributed by atoms with Gasteiger partial charge in [0.2, 0.25) is 0 Å². The Hall–Kier alpha value is -3.29. The lowest BCUT2D eigenvalue weighted by Crippen LogP contribution is -2.57. The van der Waals surface area contributed by atoms with E-state index < -0.39 is 0 Å². The van der Waals surface area contributed by atoms with E-state index >= 15 is 0 Å². The highest BCUT2D eigenvalue weighted by Crippen LogP contribution is 2.26. The number of aromatic nitrogens is 2. The quantitative estimate of drug-likeness (QED) is 0.530. The number of rotatable bonds is 7. The fourth-order valence-electron chi connectivity index (χ4n) is 3.58. The molecule has 1 fully saturated rings. The maximum absolute atomic E-state index is 12.5. The van der Waals surface area contributed by atoms with Gasteiger partial charge in [-0.2, -0.15) is 4.98 Å². The van der Waals surface area contributed by atoms with Gasteiger partial charge in [0.1, 0.15) is 17.9 Å². The fourth-order valence-corrected chi connectivity index (χ4v) is 3.58. The van der Waals surface area contributed by atoms with Crippen LogP contribution < -0.4 is 9.64 Å². The zero-order valence-electron chi connectivity index (χ0n) is 18.0. The van der Waals surface area contributed by atoms with Crippen LogP contribution in [-0.4, -0.2) is 59.9 Å². The predicted molar refractivity (Wildman–Crippen MR) is 117 cm³/mol. The molecule has 1 aromatic carbocycles. The van der Waals surface area contributed by atoms with E-state index in [2.05, 4.69) is 21.8 Å². The Morgan fingerprint density at radius 3 is 3.00 bits per heavy atom. The van der Waals surface area contributed by atoms with E-state index in [0.29, 0.717) is 44.6 Å². The van der Waals surface area contributed by atoms with Gasteiger partial charge in [-0.05, 0) is 43.2 Å². The van der Waals surface area contributed by atoms with Crippen molar-refractivity contribution in [1.82, 2.24) is 14.9 Å². The predicted octanol–water partition coefficient (Wildman–Crippen LogP) is 4.04. The van der Waals surface area contributed by atoms with Crippen molar-refractivity contribution < 1.29 is 18.7 Å². The molecule has 0 radical (unpaired) electrons. The second-order valence-electron chi connectivity index (χ2n) is 7.73. The number of fused-ring (bicyclic) bond motifs is 1. The molecule has 0 N–H and O–H groups in total. The van der Waals surface area contributed by atoms with Crippen molar-refractivity contribution in [2.75, 3.05) is 37.7 Å². The lowest BCUT2D eigenvalue weighted by molar-refractivity contribution is 0.0884. The molecule has 164 valence electrons. The first-order chi connectivity index (χ1) is 15.1. The molecule has 0 bridgehead atoms. The summed E-state index contributed by atoms with van der Waals surface area (Å²) in [5.41, 5.74) is 2.70. The number of nitrogens with zero attached hydrogens (tertiary/aromatic N) is 4. The summed E-state index contributed by atoms with van der Waals surface area (Å²) in [6.07, 6.45) is 4.94. The van der Waals surface area contributed by atoms with Crippen molar-refractivity contribution >= 4 is 23.2 Å². The van der Waals surface area contributed by atoms with E-state index in [0.717, 1.165) is 29.5 Å². The molecule has 1 aliphatic heterocycles. The zero-order valence-corrected chi connectivity index (χ0v) is 18.0. The number of hydrogen-bond donors (Lipinski definition) is 0. The smallest absolute Gasteiger partial charge is 0.409 e. The Labute approximate surface area is 181 Å². The van der Waals surface area contributed by atoms with Crippen molar-refractivity contribution in [2.24, 2.45) is 0 Å². The molecule has 8 nitrogen and oxygen atoms in total. The van der Waals surface area contributed by atoms with E-state index in [1.54, 1.807) is 17.3 Å². The van der Waals surface area contributed by atoms with Crippen LogP contribution >= 0.6 is 0 Å². The Kier molecular flexibility index (Phi) is 6.54. The monoisotopic (exact) mass is 424 g/mol. The van der Waals surface area contributed by atoms with E-state index in [1.165, 1.54) is 0 Å². The third kappa shape index (κ3) is 5.07. The van der Waals surface area contributed by atoms with Crippen LogP contribution in [0.3, 0.4) is 0 Å². The molecule has 1 aliphatic rings. The van der Waals surface area contributed by atoms with Crippen LogP contribution in [0.1, 0.15) is 25.3 Å². The number of oxazole rings is 1. The van der Waals surface area contributed by atoms with Gasteiger partial charge in [-0.15, -0.1) is 0 Å². The van der Waals surface area contributed by atoms with Crippen LogP contribution in [-0.2, 0) is 4.74 Å².